The third-order valence-corrected chi connectivity index (χ3v) is 4.78. The van der Waals surface area contributed by atoms with Crippen molar-refractivity contribution in [3.63, 3.8) is 0 Å². The number of hydrogen-bond donors (Lipinski definition) is 1. The second-order valence-electron chi connectivity index (χ2n) is 6.30. The van der Waals surface area contributed by atoms with Crippen LogP contribution in [-0.4, -0.2) is 47.8 Å². The van der Waals surface area contributed by atoms with Crippen LogP contribution in [0.25, 0.3) is 11.2 Å². The van der Waals surface area contributed by atoms with Crippen LogP contribution in [0, 0.1) is 6.92 Å². The predicted octanol–water partition coefficient (Wildman–Crippen LogP) is 2.21. The van der Waals surface area contributed by atoms with E-state index in [0.29, 0.717) is 6.54 Å². The highest BCUT2D eigenvalue weighted by atomic mass is 16.5. The number of fused-ring (bicyclic) bond motifs is 1. The summed E-state index contributed by atoms with van der Waals surface area (Å²) in [5, 5.41) is 3.40. The molecule has 0 atom stereocenters. The van der Waals surface area contributed by atoms with Crippen LogP contribution in [0.5, 0.6) is 5.75 Å². The second kappa shape index (κ2) is 6.72. The summed E-state index contributed by atoms with van der Waals surface area (Å²) < 4.78 is 7.66. The molecule has 1 aliphatic heterocycles. The van der Waals surface area contributed by atoms with Crippen LogP contribution in [0.2, 0.25) is 0 Å². The van der Waals surface area contributed by atoms with Gasteiger partial charge in [0.05, 0.1) is 19.3 Å². The lowest BCUT2D eigenvalue weighted by Gasteiger charge is -2.29. The maximum atomic E-state index is 5.50. The molecule has 0 unspecified atom stereocenters. The van der Waals surface area contributed by atoms with Crippen LogP contribution in [0.15, 0.2) is 36.5 Å². The number of aryl methyl sites for hydroxylation is 1. The number of rotatable bonds is 4. The van der Waals surface area contributed by atoms with Gasteiger partial charge >= 0.3 is 0 Å². The fourth-order valence-electron chi connectivity index (χ4n) is 3.47. The van der Waals surface area contributed by atoms with Gasteiger partial charge in [-0.25, -0.2) is 9.97 Å². The Hall–Kier alpha value is -2.60. The summed E-state index contributed by atoms with van der Waals surface area (Å²) >= 11 is 0. The van der Waals surface area contributed by atoms with E-state index in [1.165, 1.54) is 5.69 Å². The van der Waals surface area contributed by atoms with Crippen molar-refractivity contribution in [1.82, 2.24) is 19.9 Å². The molecule has 1 aliphatic rings. The standard InChI is InChI=1S/C19H23N5O/c1-14-22-18-16(23-11-9-20-10-12-23)7-8-21-19(18)24(14)13-15-5-3-4-6-17(15)25-2/h3-8,20H,9-13H2,1-2H3. The summed E-state index contributed by atoms with van der Waals surface area (Å²) in [5.74, 6) is 1.86. The van der Waals surface area contributed by atoms with Crippen LogP contribution in [0.3, 0.4) is 0 Å². The largest absolute Gasteiger partial charge is 0.496 e. The predicted molar refractivity (Wildman–Crippen MR) is 99.4 cm³/mol. The molecule has 0 bridgehead atoms. The number of methoxy groups -OCH3 is 1. The van der Waals surface area contributed by atoms with Gasteiger partial charge in [-0.3, -0.25) is 0 Å². The number of para-hydroxylation sites is 1. The molecule has 25 heavy (non-hydrogen) atoms. The van der Waals surface area contributed by atoms with E-state index in [4.69, 9.17) is 9.72 Å². The van der Waals surface area contributed by atoms with Gasteiger partial charge in [0, 0.05) is 37.9 Å². The fraction of sp³-hybridized carbons (Fsp3) is 0.368. The van der Waals surface area contributed by atoms with Gasteiger partial charge in [-0.05, 0) is 19.1 Å². The molecule has 4 rings (SSSR count). The first-order valence-corrected chi connectivity index (χ1v) is 8.67. The van der Waals surface area contributed by atoms with E-state index in [9.17, 15) is 0 Å². The first-order valence-electron chi connectivity index (χ1n) is 8.67. The zero-order chi connectivity index (χ0) is 17.2. The normalized spacial score (nSPS) is 14.9. The Morgan fingerprint density at radius 2 is 1.96 bits per heavy atom. The number of imidazole rings is 1. The average Bonchev–Trinajstić information content (AvgIpc) is 2.98. The minimum absolute atomic E-state index is 0.699. The SMILES string of the molecule is COc1ccccc1Cn1c(C)nc2c(N3CCNCC3)ccnc21. The van der Waals surface area contributed by atoms with Crippen LogP contribution in [0.1, 0.15) is 11.4 Å². The Labute approximate surface area is 147 Å². The lowest BCUT2D eigenvalue weighted by atomic mass is 10.2. The van der Waals surface area contributed by atoms with Gasteiger partial charge in [0.25, 0.3) is 0 Å². The van der Waals surface area contributed by atoms with Crippen LogP contribution in [0.4, 0.5) is 5.69 Å². The highest BCUT2D eigenvalue weighted by Gasteiger charge is 2.18. The molecule has 0 amide bonds. The highest BCUT2D eigenvalue weighted by Crippen LogP contribution is 2.27. The van der Waals surface area contributed by atoms with Crippen molar-refractivity contribution >= 4 is 16.9 Å². The minimum atomic E-state index is 0.699. The highest BCUT2D eigenvalue weighted by molar-refractivity contribution is 5.86. The molecule has 0 spiro atoms. The first kappa shape index (κ1) is 15.9. The number of piperazine rings is 1. The van der Waals surface area contributed by atoms with E-state index in [-0.39, 0.29) is 0 Å². The van der Waals surface area contributed by atoms with Gasteiger partial charge in [0.2, 0.25) is 0 Å². The Kier molecular flexibility index (Phi) is 4.28. The summed E-state index contributed by atoms with van der Waals surface area (Å²) in [4.78, 5) is 11.9. The van der Waals surface area contributed by atoms with Gasteiger partial charge < -0.3 is 19.5 Å². The number of nitrogens with one attached hydrogen (secondary N) is 1. The number of pyridine rings is 1. The molecule has 3 aromatic rings. The van der Waals surface area contributed by atoms with Crippen molar-refractivity contribution in [3.05, 3.63) is 47.9 Å². The number of benzene rings is 1. The van der Waals surface area contributed by atoms with Crippen LogP contribution >= 0.6 is 0 Å². The monoisotopic (exact) mass is 337 g/mol. The van der Waals surface area contributed by atoms with Crippen molar-refractivity contribution in [1.29, 1.82) is 0 Å². The van der Waals surface area contributed by atoms with Crippen LogP contribution in [-0.2, 0) is 6.54 Å². The topological polar surface area (TPSA) is 55.2 Å². The van der Waals surface area contributed by atoms with Gasteiger partial charge in [-0.2, -0.15) is 0 Å². The molecule has 1 fully saturated rings. The molecule has 0 aliphatic carbocycles. The molecule has 1 saturated heterocycles. The van der Waals surface area contributed by atoms with E-state index < -0.39 is 0 Å². The minimum Gasteiger partial charge on any atom is -0.496 e. The zero-order valence-electron chi connectivity index (χ0n) is 14.7. The van der Waals surface area contributed by atoms with E-state index in [1.807, 2.05) is 31.3 Å². The second-order valence-corrected chi connectivity index (χ2v) is 6.30. The Bertz CT molecular complexity index is 883. The summed E-state index contributed by atoms with van der Waals surface area (Å²) in [6.07, 6.45) is 1.89. The molecule has 130 valence electrons. The summed E-state index contributed by atoms with van der Waals surface area (Å²) in [6, 6.07) is 10.2. The van der Waals surface area contributed by atoms with E-state index in [2.05, 4.69) is 31.9 Å². The number of anilines is 1. The molecule has 0 saturated carbocycles. The molecular formula is C19H23N5O. The van der Waals surface area contributed by atoms with E-state index in [0.717, 1.165) is 54.5 Å². The zero-order valence-corrected chi connectivity index (χ0v) is 14.7. The smallest absolute Gasteiger partial charge is 0.162 e. The molecule has 6 nitrogen and oxygen atoms in total. The molecule has 6 heteroatoms. The van der Waals surface area contributed by atoms with E-state index >= 15 is 0 Å². The van der Waals surface area contributed by atoms with Gasteiger partial charge in [-0.15, -0.1) is 0 Å². The maximum Gasteiger partial charge on any atom is 0.162 e. The molecule has 1 N–H and O–H groups in total. The quantitative estimate of drug-likeness (QED) is 0.791. The van der Waals surface area contributed by atoms with Crippen LogP contribution < -0.4 is 15.0 Å². The summed E-state index contributed by atoms with van der Waals surface area (Å²) in [7, 11) is 1.71. The first-order chi connectivity index (χ1) is 12.3. The lowest BCUT2D eigenvalue weighted by Crippen LogP contribution is -2.43. The van der Waals surface area contributed by atoms with Crippen molar-refractivity contribution in [2.75, 3.05) is 38.2 Å². The molecule has 0 radical (unpaired) electrons. The summed E-state index contributed by atoms with van der Waals surface area (Å²) in [6.45, 7) is 6.74. The van der Waals surface area contributed by atoms with Crippen molar-refractivity contribution in [2.45, 2.75) is 13.5 Å². The lowest BCUT2D eigenvalue weighted by molar-refractivity contribution is 0.408. The van der Waals surface area contributed by atoms with E-state index in [1.54, 1.807) is 7.11 Å². The number of ether oxygens (including phenoxy) is 1. The maximum absolute atomic E-state index is 5.50. The van der Waals surface area contributed by atoms with Crippen molar-refractivity contribution in [3.8, 4) is 5.75 Å². The molecule has 2 aromatic heterocycles. The van der Waals surface area contributed by atoms with Gasteiger partial charge in [0.1, 0.15) is 17.1 Å². The number of nitrogens with zero attached hydrogens (tertiary/aromatic N) is 4. The van der Waals surface area contributed by atoms with Gasteiger partial charge in [0.15, 0.2) is 5.65 Å². The Balaban J connectivity index is 1.76. The fourth-order valence-corrected chi connectivity index (χ4v) is 3.47. The number of hydrogen-bond acceptors (Lipinski definition) is 5. The van der Waals surface area contributed by atoms with Crippen molar-refractivity contribution < 1.29 is 4.74 Å². The molecule has 1 aromatic carbocycles. The Morgan fingerprint density at radius 1 is 1.16 bits per heavy atom. The van der Waals surface area contributed by atoms with Gasteiger partial charge in [-0.1, -0.05) is 18.2 Å². The number of aromatic nitrogens is 3. The molecule has 3 heterocycles. The summed E-state index contributed by atoms with van der Waals surface area (Å²) in [5.41, 5.74) is 4.21. The Morgan fingerprint density at radius 3 is 2.76 bits per heavy atom. The average molecular weight is 337 g/mol. The third kappa shape index (κ3) is 2.93. The third-order valence-electron chi connectivity index (χ3n) is 4.78. The van der Waals surface area contributed by atoms with Crippen molar-refractivity contribution in [2.24, 2.45) is 0 Å². The molecular weight excluding hydrogens is 314 g/mol.